The van der Waals surface area contributed by atoms with Gasteiger partial charge in [0.2, 0.25) is 5.91 Å². The maximum atomic E-state index is 12.9. The molecule has 1 heterocycles. The Bertz CT molecular complexity index is 814. The molecule has 0 aromatic heterocycles. The van der Waals surface area contributed by atoms with E-state index in [0.717, 1.165) is 30.5 Å². The summed E-state index contributed by atoms with van der Waals surface area (Å²) in [5, 5.41) is 0. The van der Waals surface area contributed by atoms with Crippen LogP contribution in [0.4, 0.5) is 5.69 Å². The smallest absolute Gasteiger partial charge is 0.254 e. The molecule has 1 fully saturated rings. The fraction of sp³-hybridized carbons (Fsp3) is 0.440. The van der Waals surface area contributed by atoms with Gasteiger partial charge in [0.1, 0.15) is 0 Å². The maximum Gasteiger partial charge on any atom is 0.254 e. The van der Waals surface area contributed by atoms with Crippen LogP contribution in [0.2, 0.25) is 0 Å². The van der Waals surface area contributed by atoms with Crippen molar-refractivity contribution in [3.05, 3.63) is 65.7 Å². The SMILES string of the molecule is CCCCC(=O)N(c1ccccc1)C(C)Cc1ccc(C(=O)N2CCOCC2)cc1. The number of hydrogen-bond donors (Lipinski definition) is 0. The van der Waals surface area contributed by atoms with Gasteiger partial charge in [0, 0.05) is 36.8 Å². The Morgan fingerprint density at radius 2 is 1.70 bits per heavy atom. The van der Waals surface area contributed by atoms with Crippen LogP contribution >= 0.6 is 0 Å². The lowest BCUT2D eigenvalue weighted by Crippen LogP contribution is -2.40. The Kier molecular flexibility index (Phi) is 8.03. The zero-order valence-electron chi connectivity index (χ0n) is 18.0. The zero-order valence-corrected chi connectivity index (χ0v) is 18.0. The summed E-state index contributed by atoms with van der Waals surface area (Å²) in [5.74, 6) is 0.216. The fourth-order valence-corrected chi connectivity index (χ4v) is 3.85. The van der Waals surface area contributed by atoms with Gasteiger partial charge in [-0.1, -0.05) is 43.7 Å². The summed E-state index contributed by atoms with van der Waals surface area (Å²) in [6.45, 7) is 6.67. The number of nitrogens with zero attached hydrogens (tertiary/aromatic N) is 2. The molecule has 0 bridgehead atoms. The van der Waals surface area contributed by atoms with Crippen molar-refractivity contribution in [2.45, 2.75) is 45.6 Å². The highest BCUT2D eigenvalue weighted by molar-refractivity contribution is 5.95. The lowest BCUT2D eigenvalue weighted by molar-refractivity contribution is -0.119. The van der Waals surface area contributed by atoms with Gasteiger partial charge in [-0.25, -0.2) is 0 Å². The second-order valence-electron chi connectivity index (χ2n) is 7.86. The van der Waals surface area contributed by atoms with E-state index in [1.54, 1.807) is 0 Å². The lowest BCUT2D eigenvalue weighted by atomic mass is 10.0. The van der Waals surface area contributed by atoms with Crippen molar-refractivity contribution in [3.63, 3.8) is 0 Å². The molecule has 0 N–H and O–H groups in total. The highest BCUT2D eigenvalue weighted by Crippen LogP contribution is 2.21. The molecule has 30 heavy (non-hydrogen) atoms. The first-order chi connectivity index (χ1) is 14.6. The summed E-state index contributed by atoms with van der Waals surface area (Å²) in [7, 11) is 0. The van der Waals surface area contributed by atoms with Gasteiger partial charge in [0.15, 0.2) is 0 Å². The number of para-hydroxylation sites is 1. The van der Waals surface area contributed by atoms with Crippen molar-refractivity contribution in [1.82, 2.24) is 4.90 Å². The molecule has 2 aromatic carbocycles. The average molecular weight is 409 g/mol. The molecule has 0 saturated carbocycles. The van der Waals surface area contributed by atoms with Crippen LogP contribution in [0, 0.1) is 0 Å². The first-order valence-corrected chi connectivity index (χ1v) is 10.9. The molecule has 0 radical (unpaired) electrons. The van der Waals surface area contributed by atoms with E-state index >= 15 is 0 Å². The largest absolute Gasteiger partial charge is 0.378 e. The van der Waals surface area contributed by atoms with E-state index in [1.165, 1.54) is 0 Å². The van der Waals surface area contributed by atoms with E-state index < -0.39 is 0 Å². The number of carbonyl (C=O) groups is 2. The number of morpholine rings is 1. The summed E-state index contributed by atoms with van der Waals surface area (Å²) in [4.78, 5) is 29.3. The minimum atomic E-state index is 0.0255. The molecule has 0 spiro atoms. The third-order valence-corrected chi connectivity index (χ3v) is 5.52. The van der Waals surface area contributed by atoms with Crippen LogP contribution in [0.1, 0.15) is 49.0 Å². The van der Waals surface area contributed by atoms with Crippen LogP contribution in [0.15, 0.2) is 54.6 Å². The third-order valence-electron chi connectivity index (χ3n) is 5.52. The Hall–Kier alpha value is -2.66. The molecule has 1 saturated heterocycles. The van der Waals surface area contributed by atoms with Crippen LogP contribution in [0.25, 0.3) is 0 Å². The first kappa shape index (κ1) is 22.0. The molecule has 1 atom stereocenters. The van der Waals surface area contributed by atoms with Crippen molar-refractivity contribution in [2.75, 3.05) is 31.2 Å². The van der Waals surface area contributed by atoms with Crippen molar-refractivity contribution in [2.24, 2.45) is 0 Å². The maximum absolute atomic E-state index is 12.9. The molecule has 5 heteroatoms. The second-order valence-corrected chi connectivity index (χ2v) is 7.86. The van der Waals surface area contributed by atoms with E-state index in [9.17, 15) is 9.59 Å². The molecule has 1 unspecified atom stereocenters. The Balaban J connectivity index is 1.69. The molecule has 2 amide bonds. The minimum Gasteiger partial charge on any atom is -0.378 e. The van der Waals surface area contributed by atoms with Gasteiger partial charge in [0.25, 0.3) is 5.91 Å². The lowest BCUT2D eigenvalue weighted by Gasteiger charge is -2.30. The molecular weight excluding hydrogens is 376 g/mol. The van der Waals surface area contributed by atoms with E-state index in [1.807, 2.05) is 64.4 Å². The standard InChI is InChI=1S/C25H32N2O3/c1-3-4-10-24(28)27(23-8-6-5-7-9-23)20(2)19-21-11-13-22(14-12-21)25(29)26-15-17-30-18-16-26/h5-9,11-14,20H,3-4,10,15-19H2,1-2H3. The van der Waals surface area contributed by atoms with Crippen LogP contribution in [0.3, 0.4) is 0 Å². The highest BCUT2D eigenvalue weighted by Gasteiger charge is 2.22. The average Bonchev–Trinajstić information content (AvgIpc) is 2.79. The quantitative estimate of drug-likeness (QED) is 0.654. The van der Waals surface area contributed by atoms with Crippen LogP contribution < -0.4 is 4.90 Å². The van der Waals surface area contributed by atoms with Gasteiger partial charge in [-0.2, -0.15) is 0 Å². The number of carbonyl (C=O) groups excluding carboxylic acids is 2. The van der Waals surface area contributed by atoms with Gasteiger partial charge in [-0.15, -0.1) is 0 Å². The highest BCUT2D eigenvalue weighted by atomic mass is 16.5. The molecule has 0 aliphatic carbocycles. The van der Waals surface area contributed by atoms with E-state index in [2.05, 4.69) is 13.8 Å². The minimum absolute atomic E-state index is 0.0255. The molecule has 2 aromatic rings. The first-order valence-electron chi connectivity index (χ1n) is 10.9. The molecular formula is C25H32N2O3. The van der Waals surface area contributed by atoms with Gasteiger partial charge in [-0.05, 0) is 49.6 Å². The number of amides is 2. The van der Waals surface area contributed by atoms with Gasteiger partial charge >= 0.3 is 0 Å². The summed E-state index contributed by atoms with van der Waals surface area (Å²) in [6.07, 6.45) is 3.19. The van der Waals surface area contributed by atoms with E-state index in [4.69, 9.17) is 4.74 Å². The van der Waals surface area contributed by atoms with Crippen molar-refractivity contribution >= 4 is 17.5 Å². The molecule has 3 rings (SSSR count). The topological polar surface area (TPSA) is 49.9 Å². The molecule has 5 nitrogen and oxygen atoms in total. The van der Waals surface area contributed by atoms with Gasteiger partial charge in [-0.3, -0.25) is 9.59 Å². The summed E-state index contributed by atoms with van der Waals surface area (Å²) < 4.78 is 5.33. The number of anilines is 1. The van der Waals surface area contributed by atoms with Crippen molar-refractivity contribution < 1.29 is 14.3 Å². The van der Waals surface area contributed by atoms with Crippen molar-refractivity contribution in [3.8, 4) is 0 Å². The second kappa shape index (κ2) is 10.9. The number of unbranched alkanes of at least 4 members (excludes halogenated alkanes) is 1. The van der Waals surface area contributed by atoms with E-state index in [0.29, 0.717) is 38.3 Å². The predicted molar refractivity (Wildman–Crippen MR) is 120 cm³/mol. The summed E-state index contributed by atoms with van der Waals surface area (Å²) >= 11 is 0. The summed E-state index contributed by atoms with van der Waals surface area (Å²) in [5.41, 5.74) is 2.75. The summed E-state index contributed by atoms with van der Waals surface area (Å²) in [6, 6.07) is 17.7. The van der Waals surface area contributed by atoms with Crippen LogP contribution in [-0.2, 0) is 16.0 Å². The van der Waals surface area contributed by atoms with Crippen molar-refractivity contribution in [1.29, 1.82) is 0 Å². The fourth-order valence-electron chi connectivity index (χ4n) is 3.85. The Labute approximate surface area is 179 Å². The van der Waals surface area contributed by atoms with Crippen LogP contribution in [-0.4, -0.2) is 49.1 Å². The number of rotatable bonds is 8. The van der Waals surface area contributed by atoms with E-state index in [-0.39, 0.29) is 17.9 Å². The van der Waals surface area contributed by atoms with Gasteiger partial charge in [0.05, 0.1) is 13.2 Å². The Morgan fingerprint density at radius 1 is 1.03 bits per heavy atom. The number of hydrogen-bond acceptors (Lipinski definition) is 3. The molecule has 160 valence electrons. The predicted octanol–water partition coefficient (Wildman–Crippen LogP) is 4.31. The zero-order chi connectivity index (χ0) is 21.3. The number of benzene rings is 2. The third kappa shape index (κ3) is 5.70. The van der Waals surface area contributed by atoms with Gasteiger partial charge < -0.3 is 14.5 Å². The normalized spacial score (nSPS) is 14.9. The number of ether oxygens (including phenoxy) is 1. The monoisotopic (exact) mass is 408 g/mol. The molecule has 1 aliphatic heterocycles. The Morgan fingerprint density at radius 3 is 2.33 bits per heavy atom. The van der Waals surface area contributed by atoms with Crippen LogP contribution in [0.5, 0.6) is 0 Å². The molecule has 1 aliphatic rings.